The third-order valence-electron chi connectivity index (χ3n) is 3.50. The quantitative estimate of drug-likeness (QED) is 0.639. The lowest BCUT2D eigenvalue weighted by Crippen LogP contribution is -2.30. The number of methoxy groups -OCH3 is 2. The summed E-state index contributed by atoms with van der Waals surface area (Å²) in [5.41, 5.74) is 2.27. The van der Waals surface area contributed by atoms with Crippen LogP contribution in [0.25, 0.3) is 0 Å². The van der Waals surface area contributed by atoms with E-state index in [2.05, 4.69) is 10.6 Å². The molecule has 5 nitrogen and oxygen atoms in total. The highest BCUT2D eigenvalue weighted by atomic mass is 32.1. The second kappa shape index (κ2) is 8.31. The highest BCUT2D eigenvalue weighted by Crippen LogP contribution is 2.18. The lowest BCUT2D eigenvalue weighted by atomic mass is 10.1. The standard InChI is InChI=1S/C18H20N2O3S/c1-12(13-7-9-16(22-2)10-8-13)19-18(24)20-15-6-4-5-14(11-15)17(21)23-3/h4-12H,1-3H3,(H2,19,20,24)/t12-/m0/s1. The number of benzene rings is 2. The highest BCUT2D eigenvalue weighted by molar-refractivity contribution is 7.80. The first kappa shape index (κ1) is 17.7. The summed E-state index contributed by atoms with van der Waals surface area (Å²) in [4.78, 5) is 11.6. The molecule has 0 saturated carbocycles. The van der Waals surface area contributed by atoms with Crippen LogP contribution in [0.15, 0.2) is 48.5 Å². The number of thiocarbonyl (C=S) groups is 1. The van der Waals surface area contributed by atoms with Crippen LogP contribution < -0.4 is 15.4 Å². The topological polar surface area (TPSA) is 59.6 Å². The number of anilines is 1. The monoisotopic (exact) mass is 344 g/mol. The van der Waals surface area contributed by atoms with E-state index in [9.17, 15) is 4.79 Å². The Morgan fingerprint density at radius 2 is 1.83 bits per heavy atom. The lowest BCUT2D eigenvalue weighted by molar-refractivity contribution is 0.0601. The molecule has 1 atom stereocenters. The number of carbonyl (C=O) groups excluding carboxylic acids is 1. The summed E-state index contributed by atoms with van der Waals surface area (Å²) in [6.45, 7) is 2.01. The van der Waals surface area contributed by atoms with E-state index in [1.54, 1.807) is 25.3 Å². The molecule has 0 unspecified atom stereocenters. The fraction of sp³-hybridized carbons (Fsp3) is 0.222. The molecule has 0 saturated heterocycles. The van der Waals surface area contributed by atoms with Gasteiger partial charge < -0.3 is 20.1 Å². The van der Waals surface area contributed by atoms with Crippen molar-refractivity contribution in [3.8, 4) is 5.75 Å². The predicted octanol–water partition coefficient (Wildman–Crippen LogP) is 3.53. The van der Waals surface area contributed by atoms with Crippen molar-refractivity contribution in [3.05, 3.63) is 59.7 Å². The first-order valence-electron chi connectivity index (χ1n) is 7.43. The molecular weight excluding hydrogens is 324 g/mol. The van der Waals surface area contributed by atoms with Gasteiger partial charge in [-0.15, -0.1) is 0 Å². The van der Waals surface area contributed by atoms with E-state index in [1.807, 2.05) is 37.3 Å². The summed E-state index contributed by atoms with van der Waals surface area (Å²) < 4.78 is 9.86. The maximum absolute atomic E-state index is 11.6. The Labute approximate surface area is 147 Å². The van der Waals surface area contributed by atoms with Crippen LogP contribution >= 0.6 is 12.2 Å². The van der Waals surface area contributed by atoms with Crippen LogP contribution in [0, 0.1) is 0 Å². The molecule has 0 aliphatic rings. The molecule has 2 aromatic rings. The summed E-state index contributed by atoms with van der Waals surface area (Å²) in [6, 6.07) is 14.8. The third-order valence-corrected chi connectivity index (χ3v) is 3.72. The van der Waals surface area contributed by atoms with E-state index in [0.29, 0.717) is 10.7 Å². The highest BCUT2D eigenvalue weighted by Gasteiger charge is 2.09. The van der Waals surface area contributed by atoms with Crippen molar-refractivity contribution in [1.29, 1.82) is 0 Å². The first-order chi connectivity index (χ1) is 11.5. The van der Waals surface area contributed by atoms with E-state index in [4.69, 9.17) is 21.7 Å². The molecule has 0 aliphatic carbocycles. The Bertz CT molecular complexity index is 716. The minimum absolute atomic E-state index is 0.0275. The molecule has 24 heavy (non-hydrogen) atoms. The van der Waals surface area contributed by atoms with Crippen LogP contribution in [0.4, 0.5) is 5.69 Å². The molecule has 0 amide bonds. The molecule has 2 N–H and O–H groups in total. The van der Waals surface area contributed by atoms with Crippen molar-refractivity contribution in [1.82, 2.24) is 5.32 Å². The zero-order valence-electron chi connectivity index (χ0n) is 13.8. The molecule has 0 aromatic heterocycles. The average molecular weight is 344 g/mol. The van der Waals surface area contributed by atoms with Crippen molar-refractivity contribution in [2.75, 3.05) is 19.5 Å². The molecule has 6 heteroatoms. The van der Waals surface area contributed by atoms with Crippen LogP contribution in [0.1, 0.15) is 28.9 Å². The van der Waals surface area contributed by atoms with Crippen LogP contribution in [0.5, 0.6) is 5.75 Å². The Morgan fingerprint density at radius 3 is 2.46 bits per heavy atom. The zero-order chi connectivity index (χ0) is 17.5. The van der Waals surface area contributed by atoms with Gasteiger partial charge in [0.2, 0.25) is 0 Å². The van der Waals surface area contributed by atoms with Crippen LogP contribution in [0.3, 0.4) is 0 Å². The van der Waals surface area contributed by atoms with Crippen LogP contribution in [-0.2, 0) is 4.74 Å². The Kier molecular flexibility index (Phi) is 6.14. The molecule has 0 fully saturated rings. The molecule has 0 spiro atoms. The predicted molar refractivity (Wildman–Crippen MR) is 98.5 cm³/mol. The van der Waals surface area contributed by atoms with Gasteiger partial charge in [0.1, 0.15) is 5.75 Å². The van der Waals surface area contributed by atoms with Crippen molar-refractivity contribution >= 4 is 29.0 Å². The van der Waals surface area contributed by atoms with Crippen molar-refractivity contribution in [2.24, 2.45) is 0 Å². The van der Waals surface area contributed by atoms with Crippen molar-refractivity contribution in [2.45, 2.75) is 13.0 Å². The van der Waals surface area contributed by atoms with Crippen LogP contribution in [-0.4, -0.2) is 25.3 Å². The van der Waals surface area contributed by atoms with Gasteiger partial charge in [0.15, 0.2) is 5.11 Å². The second-order valence-corrected chi connectivity index (χ2v) is 5.57. The summed E-state index contributed by atoms with van der Waals surface area (Å²) in [6.07, 6.45) is 0. The number of rotatable bonds is 5. The fourth-order valence-corrected chi connectivity index (χ4v) is 2.48. The minimum Gasteiger partial charge on any atom is -0.497 e. The number of nitrogens with one attached hydrogen (secondary N) is 2. The summed E-state index contributed by atoms with van der Waals surface area (Å²) in [7, 11) is 2.99. The largest absolute Gasteiger partial charge is 0.497 e. The maximum atomic E-state index is 11.6. The Morgan fingerprint density at radius 1 is 1.12 bits per heavy atom. The molecule has 0 heterocycles. The van der Waals surface area contributed by atoms with E-state index in [1.165, 1.54) is 7.11 Å². The van der Waals surface area contributed by atoms with Gasteiger partial charge in [0.05, 0.1) is 25.8 Å². The first-order valence-corrected chi connectivity index (χ1v) is 7.84. The Hall–Kier alpha value is -2.60. The molecule has 2 rings (SSSR count). The molecule has 0 radical (unpaired) electrons. The van der Waals surface area contributed by atoms with Gasteiger partial charge in [-0.05, 0) is 55.0 Å². The maximum Gasteiger partial charge on any atom is 0.337 e. The fourth-order valence-electron chi connectivity index (χ4n) is 2.18. The number of hydrogen-bond acceptors (Lipinski definition) is 4. The van der Waals surface area contributed by atoms with Crippen LogP contribution in [0.2, 0.25) is 0 Å². The lowest BCUT2D eigenvalue weighted by Gasteiger charge is -2.18. The van der Waals surface area contributed by atoms with E-state index in [0.717, 1.165) is 17.0 Å². The number of ether oxygens (including phenoxy) is 2. The van der Waals surface area contributed by atoms with Gasteiger partial charge in [0, 0.05) is 5.69 Å². The number of hydrogen-bond donors (Lipinski definition) is 2. The minimum atomic E-state index is -0.385. The molecular formula is C18H20N2O3S. The smallest absolute Gasteiger partial charge is 0.337 e. The normalized spacial score (nSPS) is 11.3. The van der Waals surface area contributed by atoms with Gasteiger partial charge in [-0.25, -0.2) is 4.79 Å². The summed E-state index contributed by atoms with van der Waals surface area (Å²) in [5, 5.41) is 6.75. The van der Waals surface area contributed by atoms with E-state index in [-0.39, 0.29) is 12.0 Å². The van der Waals surface area contributed by atoms with Gasteiger partial charge in [-0.1, -0.05) is 18.2 Å². The molecule has 126 valence electrons. The summed E-state index contributed by atoms with van der Waals surface area (Å²) in [5.74, 6) is 0.426. The van der Waals surface area contributed by atoms with Gasteiger partial charge in [0.25, 0.3) is 0 Å². The SMILES string of the molecule is COC(=O)c1cccc(NC(=S)N[C@@H](C)c2ccc(OC)cc2)c1. The van der Waals surface area contributed by atoms with Gasteiger partial charge >= 0.3 is 5.97 Å². The van der Waals surface area contributed by atoms with Gasteiger partial charge in [-0.3, -0.25) is 0 Å². The van der Waals surface area contributed by atoms with E-state index >= 15 is 0 Å². The average Bonchev–Trinajstić information content (AvgIpc) is 2.61. The van der Waals surface area contributed by atoms with Gasteiger partial charge in [-0.2, -0.15) is 0 Å². The van der Waals surface area contributed by atoms with Crippen molar-refractivity contribution < 1.29 is 14.3 Å². The summed E-state index contributed by atoms with van der Waals surface area (Å²) >= 11 is 5.34. The number of esters is 1. The zero-order valence-corrected chi connectivity index (χ0v) is 14.6. The number of carbonyl (C=O) groups is 1. The Balaban J connectivity index is 1.98. The molecule has 2 aromatic carbocycles. The second-order valence-electron chi connectivity index (χ2n) is 5.17. The third kappa shape index (κ3) is 4.70. The molecule has 0 aliphatic heterocycles. The van der Waals surface area contributed by atoms with Crippen molar-refractivity contribution in [3.63, 3.8) is 0 Å². The van der Waals surface area contributed by atoms with E-state index < -0.39 is 0 Å². The molecule has 0 bridgehead atoms.